The van der Waals surface area contributed by atoms with E-state index in [4.69, 9.17) is 23.2 Å². The van der Waals surface area contributed by atoms with Crippen LogP contribution in [0.4, 0.5) is 0 Å². The van der Waals surface area contributed by atoms with E-state index in [0.717, 1.165) is 25.2 Å². The van der Waals surface area contributed by atoms with Crippen molar-refractivity contribution in [2.24, 2.45) is 0 Å². The maximum Gasteiger partial charge on any atom is 0.272 e. The highest BCUT2D eigenvalue weighted by molar-refractivity contribution is 6.42. The van der Waals surface area contributed by atoms with Crippen LogP contribution >= 0.6 is 23.2 Å². The van der Waals surface area contributed by atoms with Crippen LogP contribution in [0.5, 0.6) is 0 Å². The highest BCUT2D eigenvalue weighted by Gasteiger charge is 2.19. The van der Waals surface area contributed by atoms with Crippen LogP contribution in [-0.2, 0) is 6.54 Å². The number of nitrogens with one attached hydrogen (secondary N) is 1. The summed E-state index contributed by atoms with van der Waals surface area (Å²) in [6.07, 6.45) is 1.57. The van der Waals surface area contributed by atoms with E-state index in [2.05, 4.69) is 28.9 Å². The van der Waals surface area contributed by atoms with Gasteiger partial charge in [0.05, 0.1) is 10.0 Å². The first-order valence-electron chi connectivity index (χ1n) is 8.00. The molecule has 0 saturated heterocycles. The second-order valence-electron chi connectivity index (χ2n) is 5.44. The summed E-state index contributed by atoms with van der Waals surface area (Å²) in [5.74, 6) is -0.101. The molecule has 0 saturated carbocycles. The summed E-state index contributed by atoms with van der Waals surface area (Å²) in [7, 11) is 0. The Hall–Kier alpha value is -1.56. The summed E-state index contributed by atoms with van der Waals surface area (Å²) in [5.41, 5.74) is 1.30. The van der Waals surface area contributed by atoms with E-state index in [9.17, 15) is 4.79 Å². The minimum absolute atomic E-state index is 0.101. The van der Waals surface area contributed by atoms with Crippen molar-refractivity contribution < 1.29 is 4.79 Å². The van der Waals surface area contributed by atoms with Gasteiger partial charge in [-0.15, -0.1) is 0 Å². The average Bonchev–Trinajstić information content (AvgIpc) is 3.12. The van der Waals surface area contributed by atoms with Crippen molar-refractivity contribution in [3.63, 3.8) is 0 Å². The van der Waals surface area contributed by atoms with E-state index in [1.807, 2.05) is 12.1 Å². The van der Waals surface area contributed by atoms with Gasteiger partial charge < -0.3 is 9.80 Å². The van der Waals surface area contributed by atoms with Crippen molar-refractivity contribution in [1.82, 2.24) is 20.0 Å². The van der Waals surface area contributed by atoms with E-state index < -0.39 is 0 Å². The normalized spacial score (nSPS) is 11.0. The number of hydrogen-bond acceptors (Lipinski definition) is 3. The molecule has 0 aliphatic carbocycles. The van der Waals surface area contributed by atoms with Gasteiger partial charge in [0.15, 0.2) is 0 Å². The van der Waals surface area contributed by atoms with Crippen molar-refractivity contribution in [3.8, 4) is 0 Å². The van der Waals surface area contributed by atoms with Crippen LogP contribution in [0.15, 0.2) is 30.5 Å². The Morgan fingerprint density at radius 3 is 2.54 bits per heavy atom. The molecular formula is C17H22Cl2N4O. The van der Waals surface area contributed by atoms with Crippen LogP contribution in [0.1, 0.15) is 29.9 Å². The number of rotatable bonds is 8. The summed E-state index contributed by atoms with van der Waals surface area (Å²) < 4.78 is 0. The Labute approximate surface area is 152 Å². The van der Waals surface area contributed by atoms with Gasteiger partial charge in [-0.05, 0) is 30.8 Å². The van der Waals surface area contributed by atoms with Crippen molar-refractivity contribution in [1.29, 1.82) is 0 Å². The van der Waals surface area contributed by atoms with Crippen molar-refractivity contribution >= 4 is 29.1 Å². The van der Waals surface area contributed by atoms with E-state index in [0.29, 0.717) is 28.8 Å². The molecule has 2 aromatic rings. The smallest absolute Gasteiger partial charge is 0.272 e. The lowest BCUT2D eigenvalue weighted by Gasteiger charge is -2.26. The minimum atomic E-state index is -0.101. The third-order valence-corrected chi connectivity index (χ3v) is 4.85. The Morgan fingerprint density at radius 2 is 1.92 bits per heavy atom. The number of H-pyrrole nitrogens is 1. The standard InChI is InChI=1S/C17H22Cl2N4O/c1-3-22(4-2)10-11-23(17(24)15-8-9-20-21-15)12-13-6-5-7-14(18)16(13)19/h5-9H,3-4,10-12H2,1-2H3,(H,20,21). The molecule has 1 amide bonds. The van der Waals surface area contributed by atoms with Gasteiger partial charge in [-0.25, -0.2) is 0 Å². The zero-order valence-electron chi connectivity index (χ0n) is 13.9. The molecule has 0 aliphatic rings. The molecule has 2 rings (SSSR count). The van der Waals surface area contributed by atoms with E-state index in [1.54, 1.807) is 23.2 Å². The number of nitrogens with zero attached hydrogens (tertiary/aromatic N) is 3. The molecule has 0 atom stereocenters. The SMILES string of the molecule is CCN(CC)CCN(Cc1cccc(Cl)c1Cl)C(=O)c1ccn[nH]1. The highest BCUT2D eigenvalue weighted by atomic mass is 35.5. The number of aromatic amines is 1. The molecule has 1 aromatic heterocycles. The number of aromatic nitrogens is 2. The molecule has 0 radical (unpaired) electrons. The molecule has 1 aromatic carbocycles. The molecule has 1 heterocycles. The second kappa shape index (κ2) is 9.06. The molecule has 1 N–H and O–H groups in total. The first kappa shape index (κ1) is 18.8. The molecule has 0 spiro atoms. The third kappa shape index (κ3) is 4.72. The number of benzene rings is 1. The number of likely N-dealkylation sites (N-methyl/N-ethyl adjacent to an activating group) is 1. The fraction of sp³-hybridized carbons (Fsp3) is 0.412. The predicted molar refractivity (Wildman–Crippen MR) is 97.6 cm³/mol. The van der Waals surface area contributed by atoms with Gasteiger partial charge in [0.25, 0.3) is 5.91 Å². The van der Waals surface area contributed by atoms with Crippen LogP contribution in [-0.4, -0.2) is 52.1 Å². The van der Waals surface area contributed by atoms with Crippen LogP contribution in [0.2, 0.25) is 10.0 Å². The first-order valence-corrected chi connectivity index (χ1v) is 8.76. The van der Waals surface area contributed by atoms with E-state index >= 15 is 0 Å². The molecule has 24 heavy (non-hydrogen) atoms. The molecule has 0 fully saturated rings. The first-order chi connectivity index (χ1) is 11.6. The van der Waals surface area contributed by atoms with Crippen molar-refractivity contribution in [3.05, 3.63) is 51.8 Å². The zero-order chi connectivity index (χ0) is 17.5. The quantitative estimate of drug-likeness (QED) is 0.772. The topological polar surface area (TPSA) is 52.2 Å². The lowest BCUT2D eigenvalue weighted by molar-refractivity contribution is 0.0718. The average molecular weight is 369 g/mol. The minimum Gasteiger partial charge on any atom is -0.332 e. The maximum atomic E-state index is 12.8. The van der Waals surface area contributed by atoms with Crippen molar-refractivity contribution in [2.45, 2.75) is 20.4 Å². The van der Waals surface area contributed by atoms with Gasteiger partial charge in [-0.2, -0.15) is 5.10 Å². The number of amides is 1. The summed E-state index contributed by atoms with van der Waals surface area (Å²) in [6.45, 7) is 7.91. The van der Waals surface area contributed by atoms with Gasteiger partial charge in [-0.1, -0.05) is 49.2 Å². The van der Waals surface area contributed by atoms with Gasteiger partial charge >= 0.3 is 0 Å². The molecular weight excluding hydrogens is 347 g/mol. The fourth-order valence-electron chi connectivity index (χ4n) is 2.48. The number of hydrogen-bond donors (Lipinski definition) is 1. The lowest BCUT2D eigenvalue weighted by atomic mass is 10.2. The van der Waals surface area contributed by atoms with Crippen LogP contribution in [0, 0.1) is 0 Å². The largest absolute Gasteiger partial charge is 0.332 e. The van der Waals surface area contributed by atoms with Crippen LogP contribution < -0.4 is 0 Å². The fourth-order valence-corrected chi connectivity index (χ4v) is 2.86. The van der Waals surface area contributed by atoms with Gasteiger partial charge in [-0.3, -0.25) is 9.89 Å². The Bertz CT molecular complexity index is 657. The Morgan fingerprint density at radius 1 is 1.17 bits per heavy atom. The highest BCUT2D eigenvalue weighted by Crippen LogP contribution is 2.26. The molecule has 7 heteroatoms. The summed E-state index contributed by atoms with van der Waals surface area (Å²) in [6, 6.07) is 7.14. The monoisotopic (exact) mass is 368 g/mol. The summed E-state index contributed by atoms with van der Waals surface area (Å²) >= 11 is 12.4. The molecule has 0 unspecified atom stereocenters. The summed E-state index contributed by atoms with van der Waals surface area (Å²) in [4.78, 5) is 16.8. The summed E-state index contributed by atoms with van der Waals surface area (Å²) in [5, 5.41) is 7.58. The van der Waals surface area contributed by atoms with Crippen LogP contribution in [0.3, 0.4) is 0 Å². The Kier molecular flexibility index (Phi) is 7.09. The predicted octanol–water partition coefficient (Wildman–Crippen LogP) is 3.70. The van der Waals surface area contributed by atoms with E-state index in [-0.39, 0.29) is 5.91 Å². The molecule has 0 bridgehead atoms. The number of carbonyl (C=O) groups excluding carboxylic acids is 1. The van der Waals surface area contributed by atoms with Crippen molar-refractivity contribution in [2.75, 3.05) is 26.2 Å². The lowest BCUT2D eigenvalue weighted by Crippen LogP contribution is -2.38. The third-order valence-electron chi connectivity index (χ3n) is 3.99. The maximum absolute atomic E-state index is 12.8. The zero-order valence-corrected chi connectivity index (χ0v) is 15.4. The van der Waals surface area contributed by atoms with E-state index in [1.165, 1.54) is 0 Å². The second-order valence-corrected chi connectivity index (χ2v) is 6.22. The number of carbonyl (C=O) groups is 1. The number of halogens is 2. The molecule has 0 aliphatic heterocycles. The molecule has 5 nitrogen and oxygen atoms in total. The van der Waals surface area contributed by atoms with Crippen LogP contribution in [0.25, 0.3) is 0 Å². The van der Waals surface area contributed by atoms with Gasteiger partial charge in [0, 0.05) is 25.8 Å². The molecule has 130 valence electrons. The van der Waals surface area contributed by atoms with Gasteiger partial charge in [0.1, 0.15) is 5.69 Å². The Balaban J connectivity index is 2.18. The van der Waals surface area contributed by atoms with Gasteiger partial charge in [0.2, 0.25) is 0 Å².